The summed E-state index contributed by atoms with van der Waals surface area (Å²) in [6, 6.07) is 15.8. The topological polar surface area (TPSA) is 139 Å². The van der Waals surface area contributed by atoms with Crippen molar-refractivity contribution in [2.75, 3.05) is 24.2 Å². The average Bonchev–Trinajstić information content (AvgIpc) is 2.94. The van der Waals surface area contributed by atoms with Crippen LogP contribution in [0.4, 0.5) is 11.4 Å². The van der Waals surface area contributed by atoms with E-state index in [0.717, 1.165) is 24.0 Å². The highest BCUT2D eigenvalue weighted by atomic mass is 35.5. The summed E-state index contributed by atoms with van der Waals surface area (Å²) in [6.45, 7) is 2.51. The highest BCUT2D eigenvalue weighted by Gasteiger charge is 2.35. The van der Waals surface area contributed by atoms with Crippen LogP contribution in [0.5, 0.6) is 5.75 Å². The van der Waals surface area contributed by atoms with Crippen molar-refractivity contribution in [1.82, 2.24) is 10.2 Å². The molecule has 0 spiro atoms. The number of nitro benzene ring substituents is 1. The highest BCUT2D eigenvalue weighted by Crippen LogP contribution is 2.34. The van der Waals surface area contributed by atoms with Crippen LogP contribution in [-0.2, 0) is 32.6 Å². The number of carbonyl (C=O) groups excluding carboxylic acids is 2. The highest BCUT2D eigenvalue weighted by molar-refractivity contribution is 7.92. The minimum atomic E-state index is -4.20. The molecule has 1 atom stereocenters. The smallest absolute Gasteiger partial charge is 0.271 e. The van der Waals surface area contributed by atoms with Crippen molar-refractivity contribution in [3.63, 3.8) is 0 Å². The quantitative estimate of drug-likeness (QED) is 0.206. The zero-order valence-corrected chi connectivity index (χ0v) is 26.3. The predicted octanol–water partition coefficient (Wildman–Crippen LogP) is 4.84. The number of non-ortho nitro benzene ring substituents is 1. The van der Waals surface area contributed by atoms with Crippen molar-refractivity contribution in [3.05, 3.63) is 98.0 Å². The van der Waals surface area contributed by atoms with Crippen LogP contribution in [0.3, 0.4) is 0 Å². The maximum atomic E-state index is 14.2. The van der Waals surface area contributed by atoms with Gasteiger partial charge in [0.1, 0.15) is 24.0 Å². The summed E-state index contributed by atoms with van der Waals surface area (Å²) in [5.74, 6) is -1.27. The molecule has 3 rings (SSSR count). The predicted molar refractivity (Wildman–Crippen MR) is 166 cm³/mol. The Morgan fingerprint density at radius 3 is 2.19 bits per heavy atom. The van der Waals surface area contributed by atoms with E-state index in [1.54, 1.807) is 56.3 Å². The molecule has 0 aliphatic heterocycles. The molecule has 43 heavy (non-hydrogen) atoms. The van der Waals surface area contributed by atoms with Gasteiger partial charge in [-0.3, -0.25) is 24.0 Å². The minimum Gasteiger partial charge on any atom is -0.495 e. The molecule has 0 aliphatic rings. The number of nitrogens with one attached hydrogen (secondary N) is 1. The summed E-state index contributed by atoms with van der Waals surface area (Å²) in [5.41, 5.74) is 0.479. The van der Waals surface area contributed by atoms with E-state index in [1.807, 2.05) is 6.07 Å². The van der Waals surface area contributed by atoms with Gasteiger partial charge >= 0.3 is 0 Å². The zero-order valence-electron chi connectivity index (χ0n) is 24.0. The maximum Gasteiger partial charge on any atom is 0.271 e. The summed E-state index contributed by atoms with van der Waals surface area (Å²) in [5, 5.41) is 14.8. The Balaban J connectivity index is 2.17. The van der Waals surface area contributed by atoms with Crippen LogP contribution in [0, 0.1) is 10.1 Å². The van der Waals surface area contributed by atoms with E-state index in [0.29, 0.717) is 9.87 Å². The number of methoxy groups -OCH3 is 1. The van der Waals surface area contributed by atoms with E-state index in [4.69, 9.17) is 27.9 Å². The van der Waals surface area contributed by atoms with Crippen LogP contribution in [0.15, 0.2) is 66.7 Å². The van der Waals surface area contributed by atoms with Gasteiger partial charge in [-0.25, -0.2) is 8.42 Å². The number of rotatable bonds is 13. The number of nitrogens with zero attached hydrogens (tertiary/aromatic N) is 3. The largest absolute Gasteiger partial charge is 0.495 e. The first-order valence-electron chi connectivity index (χ1n) is 13.1. The molecule has 14 heteroatoms. The lowest BCUT2D eigenvalue weighted by molar-refractivity contribution is -0.384. The number of carbonyl (C=O) groups is 2. The molecule has 0 bridgehead atoms. The van der Waals surface area contributed by atoms with Gasteiger partial charge in [-0.15, -0.1) is 0 Å². The number of hydrogen-bond donors (Lipinski definition) is 1. The molecule has 1 N–H and O–H groups in total. The molecule has 0 saturated heterocycles. The monoisotopic (exact) mass is 650 g/mol. The minimum absolute atomic E-state index is 0.0112. The Morgan fingerprint density at radius 2 is 1.65 bits per heavy atom. The lowest BCUT2D eigenvalue weighted by atomic mass is 10.0. The lowest BCUT2D eigenvalue weighted by Crippen LogP contribution is -2.54. The van der Waals surface area contributed by atoms with Crippen molar-refractivity contribution in [3.8, 4) is 5.75 Å². The first kappa shape index (κ1) is 33.6. The fourth-order valence-corrected chi connectivity index (χ4v) is 5.73. The summed E-state index contributed by atoms with van der Waals surface area (Å²) >= 11 is 12.9. The third-order valence-corrected chi connectivity index (χ3v) is 8.25. The SMILES string of the molecule is COc1ccc([N+](=O)[O-])cc1N(CC(=O)N(Cc1c(Cl)cccc1Cl)[C@@H](Cc1ccccc1)C(=O)NC(C)C)S(C)(=O)=O. The van der Waals surface area contributed by atoms with Crippen LogP contribution in [-0.4, -0.2) is 62.0 Å². The molecular formula is C29H32Cl2N4O7S. The molecule has 0 aliphatic carbocycles. The molecule has 3 aromatic carbocycles. The summed E-state index contributed by atoms with van der Waals surface area (Å²) < 4.78 is 32.1. The molecule has 3 aromatic rings. The van der Waals surface area contributed by atoms with E-state index < -0.39 is 45.0 Å². The van der Waals surface area contributed by atoms with Crippen LogP contribution in [0.2, 0.25) is 10.0 Å². The third kappa shape index (κ3) is 8.82. The Hall–Kier alpha value is -3.87. The number of ether oxygens (including phenoxy) is 1. The van der Waals surface area contributed by atoms with E-state index >= 15 is 0 Å². The molecular weight excluding hydrogens is 619 g/mol. The molecule has 0 fully saturated rings. The molecule has 0 aromatic heterocycles. The summed E-state index contributed by atoms with van der Waals surface area (Å²) in [6.07, 6.45) is 0.951. The first-order chi connectivity index (χ1) is 20.2. The zero-order chi connectivity index (χ0) is 31.9. The van der Waals surface area contributed by atoms with E-state index in [-0.39, 0.29) is 40.5 Å². The van der Waals surface area contributed by atoms with Gasteiger partial charge in [0.15, 0.2) is 0 Å². The van der Waals surface area contributed by atoms with Gasteiger partial charge < -0.3 is 15.0 Å². The van der Waals surface area contributed by atoms with E-state index in [1.165, 1.54) is 18.1 Å². The van der Waals surface area contributed by atoms with Gasteiger partial charge in [0.25, 0.3) is 5.69 Å². The number of benzene rings is 3. The Bertz CT molecular complexity index is 1570. The first-order valence-corrected chi connectivity index (χ1v) is 15.7. The Morgan fingerprint density at radius 1 is 1.02 bits per heavy atom. The molecule has 11 nitrogen and oxygen atoms in total. The van der Waals surface area contributed by atoms with Crippen LogP contribution < -0.4 is 14.4 Å². The number of sulfonamides is 1. The third-order valence-electron chi connectivity index (χ3n) is 6.41. The van der Waals surface area contributed by atoms with Crippen LogP contribution in [0.1, 0.15) is 25.0 Å². The maximum absolute atomic E-state index is 14.2. The Labute approximate surface area is 260 Å². The van der Waals surface area contributed by atoms with Crippen LogP contribution in [0.25, 0.3) is 0 Å². The van der Waals surface area contributed by atoms with Gasteiger partial charge in [-0.2, -0.15) is 0 Å². The summed E-state index contributed by atoms with van der Waals surface area (Å²) in [7, 11) is -2.94. The average molecular weight is 652 g/mol. The normalized spacial score (nSPS) is 12.0. The van der Waals surface area contributed by atoms with Crippen LogP contribution >= 0.6 is 23.2 Å². The fraction of sp³-hybridized carbons (Fsp3) is 0.310. The molecule has 0 heterocycles. The standard InChI is InChI=1S/C29H32Cl2N4O7S/c1-19(2)32-29(37)26(15-20-9-6-5-7-10-20)33(17-22-23(30)11-8-12-24(22)31)28(36)18-34(43(4,40)41)25-16-21(35(38)39)13-14-27(25)42-3/h5-14,16,19,26H,15,17-18H2,1-4H3,(H,32,37)/t26-/m0/s1. The van der Waals surface area contributed by atoms with Gasteiger partial charge in [0.05, 0.1) is 18.3 Å². The molecule has 0 saturated carbocycles. The Kier molecular flexibility index (Phi) is 11.4. The molecule has 0 radical (unpaired) electrons. The second kappa shape index (κ2) is 14.5. The number of hydrogen-bond acceptors (Lipinski definition) is 7. The van der Waals surface area contributed by atoms with Crippen molar-refractivity contribution in [2.24, 2.45) is 0 Å². The van der Waals surface area contributed by atoms with Crippen molar-refractivity contribution in [1.29, 1.82) is 0 Å². The van der Waals surface area contributed by atoms with Gasteiger partial charge in [0.2, 0.25) is 21.8 Å². The molecule has 2 amide bonds. The van der Waals surface area contributed by atoms with Crippen molar-refractivity contribution in [2.45, 2.75) is 38.9 Å². The number of halogens is 2. The fourth-order valence-electron chi connectivity index (χ4n) is 4.37. The van der Waals surface area contributed by atoms with Crippen molar-refractivity contribution < 1.29 is 27.7 Å². The number of nitro groups is 1. The lowest BCUT2D eigenvalue weighted by Gasteiger charge is -2.34. The van der Waals surface area contributed by atoms with E-state index in [9.17, 15) is 28.1 Å². The molecule has 0 unspecified atom stereocenters. The van der Waals surface area contributed by atoms with E-state index in [2.05, 4.69) is 5.32 Å². The van der Waals surface area contributed by atoms with Gasteiger partial charge in [-0.05, 0) is 37.6 Å². The summed E-state index contributed by atoms with van der Waals surface area (Å²) in [4.78, 5) is 39.9. The second-order valence-electron chi connectivity index (χ2n) is 9.97. The number of anilines is 1. The van der Waals surface area contributed by atoms with Crippen molar-refractivity contribution >= 4 is 56.4 Å². The number of amides is 2. The van der Waals surface area contributed by atoms with Gasteiger partial charge in [-0.1, -0.05) is 59.6 Å². The second-order valence-corrected chi connectivity index (χ2v) is 12.7. The van der Waals surface area contributed by atoms with Gasteiger partial charge in [0, 0.05) is 46.7 Å². The molecule has 230 valence electrons.